The smallest absolute Gasteiger partial charge is 0.131 e. The monoisotopic (exact) mass is 268 g/mol. The first-order valence-corrected chi connectivity index (χ1v) is 6.20. The average molecular weight is 268 g/mol. The molecule has 2 aromatic carbocycles. The van der Waals surface area contributed by atoms with Crippen molar-refractivity contribution in [3.63, 3.8) is 0 Å². The highest BCUT2D eigenvalue weighted by atomic mass is 19.1. The van der Waals surface area contributed by atoms with Gasteiger partial charge in [-0.1, -0.05) is 12.1 Å². The Morgan fingerprint density at radius 2 is 2.00 bits per heavy atom. The zero-order chi connectivity index (χ0) is 14.3. The molecule has 3 N–H and O–H groups in total. The van der Waals surface area contributed by atoms with Crippen molar-refractivity contribution in [2.75, 3.05) is 5.73 Å². The van der Waals surface area contributed by atoms with E-state index in [1.54, 1.807) is 30.5 Å². The fraction of sp³-hybridized carbons (Fsp3) is 0.0625. The van der Waals surface area contributed by atoms with Crippen LogP contribution in [0.1, 0.15) is 5.56 Å². The lowest BCUT2D eigenvalue weighted by Crippen LogP contribution is -1.93. The number of benzene rings is 2. The molecule has 0 unspecified atom stereocenters. The predicted octanol–water partition coefficient (Wildman–Crippen LogP) is 3.64. The van der Waals surface area contributed by atoms with Gasteiger partial charge in [-0.3, -0.25) is 0 Å². The highest BCUT2D eigenvalue weighted by Crippen LogP contribution is 2.36. The molecule has 3 nitrogen and oxygen atoms in total. The van der Waals surface area contributed by atoms with Crippen molar-refractivity contribution in [1.29, 1.82) is 0 Å². The normalized spacial score (nSPS) is 10.9. The van der Waals surface area contributed by atoms with E-state index in [4.69, 9.17) is 5.73 Å². The first-order valence-electron chi connectivity index (χ1n) is 6.20. The number of rotatable bonds is 1. The molecule has 0 bridgehead atoms. The second-order valence-corrected chi connectivity index (χ2v) is 4.76. The van der Waals surface area contributed by atoms with Crippen LogP contribution in [0.25, 0.3) is 21.9 Å². The molecule has 1 heterocycles. The molecule has 100 valence electrons. The molecule has 1 aromatic heterocycles. The standard InChI is InChI=1S/C16H13FN2O/c1-9-3-2-4-14(17)16(9)13-6-11(20)5-10-8-19-15(18)7-12(10)13/h2-8,20H,1H3,(H2,18,19). The third kappa shape index (κ3) is 1.95. The molecule has 3 aromatic rings. The molecular weight excluding hydrogens is 255 g/mol. The van der Waals surface area contributed by atoms with Crippen molar-refractivity contribution >= 4 is 16.6 Å². The molecular formula is C16H13FN2O. The number of aryl methyl sites for hydroxylation is 1. The zero-order valence-corrected chi connectivity index (χ0v) is 10.9. The van der Waals surface area contributed by atoms with Gasteiger partial charge < -0.3 is 10.8 Å². The molecule has 0 aliphatic heterocycles. The number of anilines is 1. The molecule has 20 heavy (non-hydrogen) atoms. The average Bonchev–Trinajstić information content (AvgIpc) is 2.39. The third-order valence-electron chi connectivity index (χ3n) is 3.33. The maximum absolute atomic E-state index is 14.2. The van der Waals surface area contributed by atoms with Crippen LogP contribution in [0.4, 0.5) is 10.2 Å². The third-order valence-corrected chi connectivity index (χ3v) is 3.33. The van der Waals surface area contributed by atoms with E-state index < -0.39 is 0 Å². The molecule has 0 fully saturated rings. The van der Waals surface area contributed by atoms with E-state index in [0.717, 1.165) is 16.3 Å². The van der Waals surface area contributed by atoms with Crippen LogP contribution < -0.4 is 5.73 Å². The Morgan fingerprint density at radius 3 is 2.75 bits per heavy atom. The van der Waals surface area contributed by atoms with Gasteiger partial charge in [0.1, 0.15) is 17.4 Å². The number of hydrogen-bond acceptors (Lipinski definition) is 3. The van der Waals surface area contributed by atoms with E-state index in [2.05, 4.69) is 4.98 Å². The molecule has 0 radical (unpaired) electrons. The number of pyridine rings is 1. The van der Waals surface area contributed by atoms with Crippen molar-refractivity contribution in [1.82, 2.24) is 4.98 Å². The maximum Gasteiger partial charge on any atom is 0.131 e. The van der Waals surface area contributed by atoms with Crippen LogP contribution >= 0.6 is 0 Å². The van der Waals surface area contributed by atoms with Gasteiger partial charge >= 0.3 is 0 Å². The second kappa shape index (κ2) is 4.49. The molecule has 0 aliphatic rings. The van der Waals surface area contributed by atoms with Gasteiger partial charge in [0.25, 0.3) is 0 Å². The van der Waals surface area contributed by atoms with Gasteiger partial charge in [0.15, 0.2) is 0 Å². The van der Waals surface area contributed by atoms with Gasteiger partial charge in [-0.15, -0.1) is 0 Å². The minimum Gasteiger partial charge on any atom is -0.508 e. The van der Waals surface area contributed by atoms with Crippen molar-refractivity contribution < 1.29 is 9.50 Å². The predicted molar refractivity (Wildman–Crippen MR) is 78.0 cm³/mol. The molecule has 0 saturated carbocycles. The highest BCUT2D eigenvalue weighted by Gasteiger charge is 2.13. The quantitative estimate of drug-likeness (QED) is 0.708. The summed E-state index contributed by atoms with van der Waals surface area (Å²) in [5.74, 6) is 0.104. The summed E-state index contributed by atoms with van der Waals surface area (Å²) in [6, 6.07) is 9.72. The van der Waals surface area contributed by atoms with Crippen molar-refractivity contribution in [2.45, 2.75) is 6.92 Å². The van der Waals surface area contributed by atoms with E-state index in [9.17, 15) is 9.50 Å². The number of halogens is 1. The Morgan fingerprint density at radius 1 is 1.20 bits per heavy atom. The summed E-state index contributed by atoms with van der Waals surface area (Å²) in [7, 11) is 0. The molecule has 0 amide bonds. The summed E-state index contributed by atoms with van der Waals surface area (Å²) in [6.07, 6.45) is 1.57. The summed E-state index contributed by atoms with van der Waals surface area (Å²) in [5.41, 5.74) is 7.60. The zero-order valence-electron chi connectivity index (χ0n) is 10.9. The second-order valence-electron chi connectivity index (χ2n) is 4.76. The Hall–Kier alpha value is -2.62. The van der Waals surface area contributed by atoms with E-state index in [-0.39, 0.29) is 11.6 Å². The lowest BCUT2D eigenvalue weighted by Gasteiger charge is -2.12. The van der Waals surface area contributed by atoms with Gasteiger partial charge in [0, 0.05) is 17.1 Å². The Kier molecular flexibility index (Phi) is 2.79. The first-order chi connectivity index (χ1) is 9.56. The van der Waals surface area contributed by atoms with Crippen molar-refractivity contribution in [3.05, 3.63) is 54.0 Å². The number of phenolic OH excluding ortho intramolecular Hbond substituents is 1. The number of fused-ring (bicyclic) bond motifs is 1. The number of aromatic nitrogens is 1. The van der Waals surface area contributed by atoms with Crippen LogP contribution in [-0.2, 0) is 0 Å². The van der Waals surface area contributed by atoms with Crippen LogP contribution in [0.3, 0.4) is 0 Å². The lowest BCUT2D eigenvalue weighted by molar-refractivity contribution is 0.476. The molecule has 0 spiro atoms. The molecule has 0 saturated heterocycles. The molecule has 0 aliphatic carbocycles. The Labute approximate surface area is 115 Å². The minimum atomic E-state index is -0.327. The van der Waals surface area contributed by atoms with E-state index in [1.165, 1.54) is 6.07 Å². The number of nitrogen functional groups attached to an aromatic ring is 1. The van der Waals surface area contributed by atoms with Crippen molar-refractivity contribution in [2.24, 2.45) is 0 Å². The van der Waals surface area contributed by atoms with Crippen LogP contribution in [-0.4, -0.2) is 10.1 Å². The summed E-state index contributed by atoms with van der Waals surface area (Å²) >= 11 is 0. The van der Waals surface area contributed by atoms with Gasteiger partial charge in [0.05, 0.1) is 0 Å². The summed E-state index contributed by atoms with van der Waals surface area (Å²) in [5, 5.41) is 11.3. The van der Waals surface area contributed by atoms with Gasteiger partial charge in [0.2, 0.25) is 0 Å². The number of hydrogen-bond donors (Lipinski definition) is 2. The maximum atomic E-state index is 14.2. The number of phenols is 1. The first kappa shape index (κ1) is 12.4. The van der Waals surface area contributed by atoms with Crippen LogP contribution in [0.15, 0.2) is 42.6 Å². The minimum absolute atomic E-state index is 0.0710. The summed E-state index contributed by atoms with van der Waals surface area (Å²) < 4.78 is 14.2. The van der Waals surface area contributed by atoms with E-state index in [1.807, 2.05) is 13.0 Å². The molecule has 3 rings (SSSR count). The van der Waals surface area contributed by atoms with Crippen LogP contribution in [0.2, 0.25) is 0 Å². The number of aromatic hydroxyl groups is 1. The van der Waals surface area contributed by atoms with E-state index >= 15 is 0 Å². The van der Waals surface area contributed by atoms with Gasteiger partial charge in [-0.2, -0.15) is 0 Å². The molecule has 4 heteroatoms. The fourth-order valence-electron chi connectivity index (χ4n) is 2.44. The Balaban J connectivity index is 2.44. The molecule has 0 atom stereocenters. The van der Waals surface area contributed by atoms with E-state index in [0.29, 0.717) is 16.9 Å². The largest absolute Gasteiger partial charge is 0.508 e. The topological polar surface area (TPSA) is 59.1 Å². The van der Waals surface area contributed by atoms with Gasteiger partial charge in [-0.25, -0.2) is 9.37 Å². The number of nitrogens with two attached hydrogens (primary N) is 1. The fourth-order valence-corrected chi connectivity index (χ4v) is 2.44. The van der Waals surface area contributed by atoms with Gasteiger partial charge in [-0.05, 0) is 47.7 Å². The van der Waals surface area contributed by atoms with Crippen LogP contribution in [0.5, 0.6) is 5.75 Å². The Bertz CT molecular complexity index is 795. The lowest BCUT2D eigenvalue weighted by atomic mass is 9.95. The van der Waals surface area contributed by atoms with Crippen molar-refractivity contribution in [3.8, 4) is 16.9 Å². The highest BCUT2D eigenvalue weighted by molar-refractivity contribution is 5.99. The summed E-state index contributed by atoms with van der Waals surface area (Å²) in [6.45, 7) is 1.83. The van der Waals surface area contributed by atoms with Crippen LogP contribution in [0, 0.1) is 12.7 Å². The summed E-state index contributed by atoms with van der Waals surface area (Å²) in [4.78, 5) is 4.00. The number of nitrogens with zero attached hydrogens (tertiary/aromatic N) is 1. The SMILES string of the molecule is Cc1cccc(F)c1-c1cc(O)cc2cnc(N)cc12.